The van der Waals surface area contributed by atoms with Crippen LogP contribution in [0.25, 0.3) is 0 Å². The normalized spacial score (nSPS) is 17.0. The summed E-state index contributed by atoms with van der Waals surface area (Å²) in [6.45, 7) is 3.35. The number of hydrogen-bond acceptors (Lipinski definition) is 2. The molecule has 2 amide bonds. The van der Waals surface area contributed by atoms with Crippen molar-refractivity contribution in [2.24, 2.45) is 5.92 Å². The van der Waals surface area contributed by atoms with Crippen molar-refractivity contribution in [2.45, 2.75) is 13.0 Å². The largest absolute Gasteiger partial charge is 0.371 e. The number of hydrogen-bond donors (Lipinski definition) is 2. The summed E-state index contributed by atoms with van der Waals surface area (Å²) < 4.78 is 0. The van der Waals surface area contributed by atoms with Crippen LogP contribution in [-0.2, 0) is 6.54 Å². The molecule has 1 aliphatic heterocycles. The van der Waals surface area contributed by atoms with Gasteiger partial charge >= 0.3 is 6.03 Å². The van der Waals surface area contributed by atoms with E-state index in [0.717, 1.165) is 31.6 Å². The van der Waals surface area contributed by atoms with Crippen LogP contribution in [0.15, 0.2) is 60.7 Å². The number of nitrogens with zero attached hydrogens (tertiary/aromatic N) is 1. The number of urea groups is 1. The van der Waals surface area contributed by atoms with Crippen molar-refractivity contribution in [3.63, 3.8) is 0 Å². The molecule has 0 saturated carbocycles. The summed E-state index contributed by atoms with van der Waals surface area (Å²) in [5.74, 6) is 0.512. The molecule has 0 radical (unpaired) electrons. The second-order valence-electron chi connectivity index (χ2n) is 5.99. The highest BCUT2D eigenvalue weighted by molar-refractivity contribution is 5.73. The molecule has 1 saturated heterocycles. The van der Waals surface area contributed by atoms with Gasteiger partial charge in [0, 0.05) is 31.9 Å². The Bertz CT molecular complexity index is 615. The lowest BCUT2D eigenvalue weighted by Gasteiger charge is -2.18. The minimum absolute atomic E-state index is 0.0907. The number of amides is 2. The maximum atomic E-state index is 11.9. The molecule has 4 nitrogen and oxygen atoms in total. The number of carbonyl (C=O) groups excluding carboxylic acids is 1. The standard InChI is InChI=1S/C19H23N3O/c23-19(20-13-16-7-3-1-4-8-16)21-14-17-11-12-22(15-17)18-9-5-2-6-10-18/h1-10,17H,11-15H2,(H2,20,21,23)/t17-/m0/s1. The van der Waals surface area contributed by atoms with Crippen LogP contribution in [-0.4, -0.2) is 25.7 Å². The minimum Gasteiger partial charge on any atom is -0.371 e. The smallest absolute Gasteiger partial charge is 0.315 e. The average Bonchev–Trinajstić information content (AvgIpc) is 3.09. The first kappa shape index (κ1) is 15.4. The zero-order valence-corrected chi connectivity index (χ0v) is 13.2. The number of carbonyl (C=O) groups is 1. The number of para-hydroxylation sites is 1. The first-order chi connectivity index (χ1) is 11.3. The molecule has 2 aromatic carbocycles. The number of rotatable bonds is 5. The molecule has 0 aliphatic carbocycles. The van der Waals surface area contributed by atoms with Crippen molar-refractivity contribution in [1.29, 1.82) is 0 Å². The Morgan fingerprint density at radius 2 is 1.70 bits per heavy atom. The van der Waals surface area contributed by atoms with Crippen molar-refractivity contribution >= 4 is 11.7 Å². The lowest BCUT2D eigenvalue weighted by molar-refractivity contribution is 0.239. The predicted molar refractivity (Wildman–Crippen MR) is 93.4 cm³/mol. The van der Waals surface area contributed by atoms with Gasteiger partial charge < -0.3 is 15.5 Å². The van der Waals surface area contributed by atoms with Crippen molar-refractivity contribution < 1.29 is 4.79 Å². The summed E-state index contributed by atoms with van der Waals surface area (Å²) in [5, 5.41) is 5.89. The first-order valence-electron chi connectivity index (χ1n) is 8.17. The first-order valence-corrected chi connectivity index (χ1v) is 8.17. The lowest BCUT2D eigenvalue weighted by Crippen LogP contribution is -2.38. The number of nitrogens with one attached hydrogen (secondary N) is 2. The topological polar surface area (TPSA) is 44.4 Å². The summed E-state index contributed by atoms with van der Waals surface area (Å²) in [6, 6.07) is 20.3. The Hall–Kier alpha value is -2.49. The Balaban J connectivity index is 1.38. The van der Waals surface area contributed by atoms with E-state index in [-0.39, 0.29) is 6.03 Å². The molecule has 0 unspecified atom stereocenters. The van der Waals surface area contributed by atoms with E-state index < -0.39 is 0 Å². The van der Waals surface area contributed by atoms with Gasteiger partial charge in [-0.25, -0.2) is 4.79 Å². The second-order valence-corrected chi connectivity index (χ2v) is 5.99. The summed E-state index contributed by atoms with van der Waals surface area (Å²) >= 11 is 0. The Kier molecular flexibility index (Phi) is 5.14. The van der Waals surface area contributed by atoms with Crippen LogP contribution in [0.2, 0.25) is 0 Å². The Labute approximate surface area is 137 Å². The van der Waals surface area contributed by atoms with Gasteiger partial charge in [-0.3, -0.25) is 0 Å². The van der Waals surface area contributed by atoms with Gasteiger partial charge in [-0.2, -0.15) is 0 Å². The van der Waals surface area contributed by atoms with Crippen LogP contribution in [0.3, 0.4) is 0 Å². The maximum absolute atomic E-state index is 11.9. The van der Waals surface area contributed by atoms with Crippen LogP contribution in [0.4, 0.5) is 10.5 Å². The monoisotopic (exact) mass is 309 g/mol. The van der Waals surface area contributed by atoms with E-state index in [2.05, 4.69) is 39.8 Å². The zero-order chi connectivity index (χ0) is 15.9. The molecule has 0 aromatic heterocycles. The molecular weight excluding hydrogens is 286 g/mol. The molecule has 0 spiro atoms. The van der Waals surface area contributed by atoms with E-state index in [1.165, 1.54) is 5.69 Å². The third kappa shape index (κ3) is 4.49. The van der Waals surface area contributed by atoms with Crippen molar-refractivity contribution in [3.05, 3.63) is 66.2 Å². The van der Waals surface area contributed by atoms with Crippen LogP contribution < -0.4 is 15.5 Å². The number of benzene rings is 2. The third-order valence-corrected chi connectivity index (χ3v) is 4.25. The molecule has 2 N–H and O–H groups in total. The summed E-state index contributed by atoms with van der Waals surface area (Å²) in [4.78, 5) is 14.3. The van der Waals surface area contributed by atoms with Gasteiger partial charge in [0.1, 0.15) is 0 Å². The Morgan fingerprint density at radius 3 is 2.43 bits per heavy atom. The van der Waals surface area contributed by atoms with Crippen LogP contribution in [0.1, 0.15) is 12.0 Å². The summed E-state index contributed by atoms with van der Waals surface area (Å²) in [7, 11) is 0. The van der Waals surface area contributed by atoms with E-state index in [1.807, 2.05) is 36.4 Å². The molecule has 1 atom stereocenters. The fourth-order valence-electron chi connectivity index (χ4n) is 2.95. The molecular formula is C19H23N3O. The van der Waals surface area contributed by atoms with E-state index >= 15 is 0 Å². The molecule has 1 heterocycles. The van der Waals surface area contributed by atoms with Crippen molar-refractivity contribution in [1.82, 2.24) is 10.6 Å². The van der Waals surface area contributed by atoms with Crippen molar-refractivity contribution in [3.8, 4) is 0 Å². The molecule has 1 fully saturated rings. The van der Waals surface area contributed by atoms with Gasteiger partial charge in [-0.1, -0.05) is 48.5 Å². The molecule has 3 rings (SSSR count). The van der Waals surface area contributed by atoms with E-state index in [4.69, 9.17) is 0 Å². The highest BCUT2D eigenvalue weighted by atomic mass is 16.2. The van der Waals surface area contributed by atoms with E-state index in [1.54, 1.807) is 0 Å². The van der Waals surface area contributed by atoms with E-state index in [9.17, 15) is 4.79 Å². The average molecular weight is 309 g/mol. The molecule has 120 valence electrons. The van der Waals surface area contributed by atoms with Crippen LogP contribution in [0.5, 0.6) is 0 Å². The predicted octanol–water partition coefficient (Wildman–Crippen LogP) is 3.01. The van der Waals surface area contributed by atoms with E-state index in [0.29, 0.717) is 12.5 Å². The Morgan fingerprint density at radius 1 is 1.00 bits per heavy atom. The molecule has 4 heteroatoms. The highest BCUT2D eigenvalue weighted by Crippen LogP contribution is 2.22. The molecule has 23 heavy (non-hydrogen) atoms. The van der Waals surface area contributed by atoms with Crippen LogP contribution in [0, 0.1) is 5.92 Å². The molecule has 1 aliphatic rings. The zero-order valence-electron chi connectivity index (χ0n) is 13.2. The van der Waals surface area contributed by atoms with Gasteiger partial charge in [0.2, 0.25) is 0 Å². The summed E-state index contributed by atoms with van der Waals surface area (Å²) in [5.41, 5.74) is 2.38. The third-order valence-electron chi connectivity index (χ3n) is 4.25. The number of anilines is 1. The quantitative estimate of drug-likeness (QED) is 0.892. The lowest BCUT2D eigenvalue weighted by atomic mass is 10.1. The second kappa shape index (κ2) is 7.68. The fourth-order valence-corrected chi connectivity index (χ4v) is 2.95. The van der Waals surface area contributed by atoms with Crippen LogP contribution >= 0.6 is 0 Å². The SMILES string of the molecule is O=C(NCc1ccccc1)NC[C@@H]1CCN(c2ccccc2)C1. The maximum Gasteiger partial charge on any atom is 0.315 e. The highest BCUT2D eigenvalue weighted by Gasteiger charge is 2.22. The molecule has 0 bridgehead atoms. The van der Waals surface area contributed by atoms with Crippen molar-refractivity contribution in [2.75, 3.05) is 24.5 Å². The van der Waals surface area contributed by atoms with Gasteiger partial charge in [-0.15, -0.1) is 0 Å². The van der Waals surface area contributed by atoms with Gasteiger partial charge in [-0.05, 0) is 30.0 Å². The fraction of sp³-hybridized carbons (Fsp3) is 0.316. The minimum atomic E-state index is -0.0907. The molecule has 2 aromatic rings. The van der Waals surface area contributed by atoms with Gasteiger partial charge in [0.15, 0.2) is 0 Å². The summed E-state index contributed by atoms with van der Waals surface area (Å²) in [6.07, 6.45) is 1.12. The van der Waals surface area contributed by atoms with Gasteiger partial charge in [0.25, 0.3) is 0 Å². The van der Waals surface area contributed by atoms with Gasteiger partial charge in [0.05, 0.1) is 0 Å².